The molecule has 2 fully saturated rings. The van der Waals surface area contributed by atoms with Crippen LogP contribution in [0.3, 0.4) is 0 Å². The third-order valence-corrected chi connectivity index (χ3v) is 8.17. The second-order valence-corrected chi connectivity index (χ2v) is 11.0. The van der Waals surface area contributed by atoms with Gasteiger partial charge in [-0.25, -0.2) is 0 Å². The fourth-order valence-electron chi connectivity index (χ4n) is 5.47. The molecule has 6 nitrogen and oxygen atoms in total. The van der Waals surface area contributed by atoms with Gasteiger partial charge in [-0.2, -0.15) is 0 Å². The Morgan fingerprint density at radius 1 is 1.24 bits per heavy atom. The number of aliphatic hydroxyl groups is 2. The summed E-state index contributed by atoms with van der Waals surface area (Å²) in [5, 5.41) is 21.3. The van der Waals surface area contributed by atoms with Crippen molar-refractivity contribution >= 4 is 17.6 Å². The predicted molar refractivity (Wildman–Crippen MR) is 148 cm³/mol. The van der Waals surface area contributed by atoms with Crippen LogP contribution in [0.1, 0.15) is 87.9 Å². The maximum Gasteiger partial charge on any atom is 0.305 e. The number of hydrogen-bond donors (Lipinski definition) is 2. The first-order valence-corrected chi connectivity index (χ1v) is 14.6. The highest BCUT2D eigenvalue weighted by molar-refractivity contribution is 6.21. The first-order valence-electron chi connectivity index (χ1n) is 14.2. The number of halogens is 1. The molecule has 1 aliphatic carbocycles. The van der Waals surface area contributed by atoms with E-state index in [4.69, 9.17) is 21.1 Å². The largest absolute Gasteiger partial charge is 0.464 e. The number of hydrogen-bond acceptors (Lipinski definition) is 6. The molecule has 1 saturated heterocycles. The van der Waals surface area contributed by atoms with E-state index < -0.39 is 12.2 Å². The van der Waals surface area contributed by atoms with Crippen LogP contribution < -0.4 is 0 Å². The molecule has 1 saturated carbocycles. The summed E-state index contributed by atoms with van der Waals surface area (Å²) in [4.78, 5) is 14.3. The van der Waals surface area contributed by atoms with Gasteiger partial charge in [-0.05, 0) is 49.1 Å². The fourth-order valence-corrected chi connectivity index (χ4v) is 5.92. The van der Waals surface area contributed by atoms with Crippen molar-refractivity contribution in [2.45, 2.75) is 88.2 Å². The van der Waals surface area contributed by atoms with Crippen LogP contribution in [0.15, 0.2) is 36.4 Å². The average molecular weight is 536 g/mol. The summed E-state index contributed by atoms with van der Waals surface area (Å²) in [6.45, 7) is 6.67. The molecule has 208 valence electrons. The van der Waals surface area contributed by atoms with Crippen molar-refractivity contribution in [2.75, 3.05) is 39.5 Å². The van der Waals surface area contributed by atoms with E-state index in [-0.39, 0.29) is 23.2 Å². The Kier molecular flexibility index (Phi) is 13.4. The van der Waals surface area contributed by atoms with Crippen molar-refractivity contribution < 1.29 is 24.5 Å². The third kappa shape index (κ3) is 9.99. The smallest absolute Gasteiger partial charge is 0.305 e. The number of allylic oxidation sites excluding steroid dienone is 2. The topological polar surface area (TPSA) is 79.2 Å². The standard InChI is InChI=1S/C30H46ClNO5/c1-2-3-6-13-27(33)23-10-9-11-24(21-23)30-25(26(31)22-28(30)34)12-7-4-5-8-14-29(35)37-20-17-32-15-18-36-19-16-32/h4,7,9-11,21,25-28,30,33-34H,2-3,5-6,8,12-20,22H2,1H3/t25-,26+,27?,28+,30+/m0/s1. The summed E-state index contributed by atoms with van der Waals surface area (Å²) in [5.41, 5.74) is 1.98. The molecule has 2 aliphatic rings. The van der Waals surface area contributed by atoms with E-state index in [0.717, 1.165) is 88.9 Å². The van der Waals surface area contributed by atoms with Crippen molar-refractivity contribution in [3.05, 3.63) is 47.5 Å². The summed E-state index contributed by atoms with van der Waals surface area (Å²) < 4.78 is 10.7. The normalized spacial score (nSPS) is 25.5. The quantitative estimate of drug-likeness (QED) is 0.136. The molecule has 1 unspecified atom stereocenters. The SMILES string of the molecule is CCCCCC(O)c1cccc([C@@H]2[C@@H](CC=CCCCC(=O)OCCN3CCOCC3)[C@H](Cl)C[C@H]2O)c1. The van der Waals surface area contributed by atoms with Gasteiger partial charge in [-0.1, -0.05) is 62.6 Å². The lowest BCUT2D eigenvalue weighted by Crippen LogP contribution is -2.38. The molecule has 1 aromatic carbocycles. The Bertz CT molecular complexity index is 828. The van der Waals surface area contributed by atoms with Gasteiger partial charge in [0.05, 0.1) is 25.4 Å². The van der Waals surface area contributed by atoms with Gasteiger partial charge in [0.2, 0.25) is 0 Å². The molecule has 0 radical (unpaired) electrons. The number of nitrogens with zero attached hydrogens (tertiary/aromatic N) is 1. The molecule has 3 rings (SSSR count). The predicted octanol–water partition coefficient (Wildman–Crippen LogP) is 5.36. The van der Waals surface area contributed by atoms with E-state index in [1.54, 1.807) is 0 Å². The fraction of sp³-hybridized carbons (Fsp3) is 0.700. The van der Waals surface area contributed by atoms with Gasteiger partial charge in [0.15, 0.2) is 0 Å². The summed E-state index contributed by atoms with van der Waals surface area (Å²) in [7, 11) is 0. The van der Waals surface area contributed by atoms with E-state index in [1.165, 1.54) is 0 Å². The maximum absolute atomic E-state index is 12.0. The molecule has 37 heavy (non-hydrogen) atoms. The van der Waals surface area contributed by atoms with Crippen LogP contribution in [0, 0.1) is 5.92 Å². The Labute approximate surface area is 228 Å². The highest BCUT2D eigenvalue weighted by Gasteiger charge is 2.41. The average Bonchev–Trinajstić information content (AvgIpc) is 3.19. The van der Waals surface area contributed by atoms with E-state index in [0.29, 0.717) is 19.4 Å². The molecule has 0 amide bonds. The Morgan fingerprint density at radius 3 is 2.84 bits per heavy atom. The van der Waals surface area contributed by atoms with Gasteiger partial charge >= 0.3 is 5.97 Å². The van der Waals surface area contributed by atoms with Crippen LogP contribution in [0.5, 0.6) is 0 Å². The van der Waals surface area contributed by atoms with E-state index in [1.807, 2.05) is 18.2 Å². The number of carbonyl (C=O) groups excluding carboxylic acids is 1. The zero-order valence-corrected chi connectivity index (χ0v) is 23.2. The zero-order chi connectivity index (χ0) is 26.5. The zero-order valence-electron chi connectivity index (χ0n) is 22.4. The molecule has 0 aromatic heterocycles. The molecular formula is C30H46ClNO5. The van der Waals surface area contributed by atoms with E-state index in [2.05, 4.69) is 30.0 Å². The van der Waals surface area contributed by atoms with Crippen molar-refractivity contribution in [1.82, 2.24) is 4.90 Å². The first-order chi connectivity index (χ1) is 18.0. The summed E-state index contributed by atoms with van der Waals surface area (Å²) in [5.74, 6) is -0.0554. The first kappa shape index (κ1) is 30.1. The van der Waals surface area contributed by atoms with Gasteiger partial charge in [-0.3, -0.25) is 9.69 Å². The highest BCUT2D eigenvalue weighted by Crippen LogP contribution is 2.45. The van der Waals surface area contributed by atoms with E-state index in [9.17, 15) is 15.0 Å². The molecule has 1 heterocycles. The second-order valence-electron chi connectivity index (χ2n) is 10.5. The van der Waals surface area contributed by atoms with Crippen molar-refractivity contribution in [3.63, 3.8) is 0 Å². The number of morpholine rings is 1. The molecule has 1 aromatic rings. The number of benzene rings is 1. The number of rotatable bonds is 15. The van der Waals surface area contributed by atoms with Crippen LogP contribution in [0.25, 0.3) is 0 Å². The molecular weight excluding hydrogens is 490 g/mol. The number of alkyl halides is 1. The van der Waals surface area contributed by atoms with Crippen molar-refractivity contribution in [3.8, 4) is 0 Å². The number of esters is 1. The number of ether oxygens (including phenoxy) is 2. The second kappa shape index (κ2) is 16.5. The summed E-state index contributed by atoms with van der Waals surface area (Å²) in [6, 6.07) is 8.06. The molecule has 5 atom stereocenters. The lowest BCUT2D eigenvalue weighted by molar-refractivity contribution is -0.144. The van der Waals surface area contributed by atoms with E-state index >= 15 is 0 Å². The van der Waals surface area contributed by atoms with Crippen LogP contribution >= 0.6 is 11.6 Å². The number of aliphatic hydroxyl groups excluding tert-OH is 2. The lowest BCUT2D eigenvalue weighted by atomic mass is 9.84. The van der Waals surface area contributed by atoms with Gasteiger partial charge in [0, 0.05) is 37.4 Å². The minimum Gasteiger partial charge on any atom is -0.464 e. The molecule has 1 aliphatic heterocycles. The minimum atomic E-state index is -0.486. The molecule has 0 bridgehead atoms. The van der Waals surface area contributed by atoms with Crippen LogP contribution in [-0.2, 0) is 14.3 Å². The lowest BCUT2D eigenvalue weighted by Gasteiger charge is -2.26. The van der Waals surface area contributed by atoms with Gasteiger partial charge in [-0.15, -0.1) is 11.6 Å². The molecule has 2 N–H and O–H groups in total. The molecule has 0 spiro atoms. The van der Waals surface area contributed by atoms with Gasteiger partial charge < -0.3 is 19.7 Å². The Hall–Kier alpha value is -1.44. The van der Waals surface area contributed by atoms with Crippen molar-refractivity contribution in [1.29, 1.82) is 0 Å². The summed E-state index contributed by atoms with van der Waals surface area (Å²) >= 11 is 6.68. The minimum absolute atomic E-state index is 0.0450. The Morgan fingerprint density at radius 2 is 2.05 bits per heavy atom. The summed E-state index contributed by atoms with van der Waals surface area (Å²) in [6.07, 6.45) is 10.7. The van der Waals surface area contributed by atoms with Crippen LogP contribution in [0.4, 0.5) is 0 Å². The van der Waals surface area contributed by atoms with Crippen molar-refractivity contribution in [2.24, 2.45) is 5.92 Å². The molecule has 7 heteroatoms. The number of carbonyl (C=O) groups is 1. The van der Waals surface area contributed by atoms with Crippen LogP contribution in [-0.4, -0.2) is 72.0 Å². The number of unbranched alkanes of at least 4 members (excludes halogenated alkanes) is 3. The maximum atomic E-state index is 12.0. The third-order valence-electron chi connectivity index (χ3n) is 7.67. The van der Waals surface area contributed by atoms with Gasteiger partial charge in [0.1, 0.15) is 6.61 Å². The van der Waals surface area contributed by atoms with Gasteiger partial charge in [0.25, 0.3) is 0 Å². The monoisotopic (exact) mass is 535 g/mol. The van der Waals surface area contributed by atoms with Crippen LogP contribution in [0.2, 0.25) is 0 Å². The highest BCUT2D eigenvalue weighted by atomic mass is 35.5. The Balaban J connectivity index is 1.41.